The molecule has 0 spiro atoms. The van der Waals surface area contributed by atoms with E-state index in [-0.39, 0.29) is 11.5 Å². The Hall–Kier alpha value is -3.59. The van der Waals surface area contributed by atoms with Crippen LogP contribution in [-0.2, 0) is 18.4 Å². The Balaban J connectivity index is 1.54. The molecule has 0 aliphatic carbocycles. The zero-order chi connectivity index (χ0) is 23.7. The number of rotatable bonds is 7. The number of carbonyl (C=O) groups is 1. The van der Waals surface area contributed by atoms with E-state index >= 15 is 0 Å². The van der Waals surface area contributed by atoms with E-state index in [2.05, 4.69) is 4.57 Å². The molecule has 1 saturated heterocycles. The SMILES string of the molecule is Cc1c(N=c2scc(-c3ccco3)n2CCCN2CCCC2=O)c(=O)n(-c2ccccc2)n1C. The molecule has 0 radical (unpaired) electrons. The number of para-hydroxylation sites is 1. The first kappa shape index (κ1) is 22.2. The van der Waals surface area contributed by atoms with Crippen molar-refractivity contribution >= 4 is 22.9 Å². The molecule has 0 bridgehead atoms. The second kappa shape index (κ2) is 9.34. The normalized spacial score (nSPS) is 14.5. The third-order valence-electron chi connectivity index (χ3n) is 6.28. The minimum Gasteiger partial charge on any atom is -0.463 e. The molecule has 34 heavy (non-hydrogen) atoms. The smallest absolute Gasteiger partial charge is 0.297 e. The molecule has 0 unspecified atom stereocenters. The summed E-state index contributed by atoms with van der Waals surface area (Å²) in [6.07, 6.45) is 4.02. The van der Waals surface area contributed by atoms with E-state index < -0.39 is 0 Å². The van der Waals surface area contributed by atoms with Crippen molar-refractivity contribution in [2.75, 3.05) is 13.1 Å². The van der Waals surface area contributed by atoms with Crippen LogP contribution in [0.2, 0.25) is 0 Å². The standard InChI is InChI=1S/C25H27N5O3S/c1-18-23(24(32)30(27(18)2)19-9-4-3-5-10-19)26-25-29(15-8-14-28-13-6-12-22(28)31)20(17-34-25)21-11-7-16-33-21/h3-5,7,9-11,16-17H,6,8,12-15H2,1-2H3. The average Bonchev–Trinajstić information content (AvgIpc) is 3.62. The van der Waals surface area contributed by atoms with Gasteiger partial charge in [-0.05, 0) is 44.0 Å². The molecule has 1 aromatic carbocycles. The van der Waals surface area contributed by atoms with E-state index in [0.29, 0.717) is 25.2 Å². The van der Waals surface area contributed by atoms with Gasteiger partial charge < -0.3 is 13.9 Å². The lowest BCUT2D eigenvalue weighted by Gasteiger charge is -2.16. The first-order chi connectivity index (χ1) is 16.5. The molecule has 1 fully saturated rings. The maximum Gasteiger partial charge on any atom is 0.297 e. The molecule has 0 saturated carbocycles. The van der Waals surface area contributed by atoms with Gasteiger partial charge in [0.15, 0.2) is 16.2 Å². The quantitative estimate of drug-likeness (QED) is 0.406. The highest BCUT2D eigenvalue weighted by Gasteiger charge is 2.20. The molecule has 8 nitrogen and oxygen atoms in total. The summed E-state index contributed by atoms with van der Waals surface area (Å²) in [4.78, 5) is 32.9. The van der Waals surface area contributed by atoms with E-state index in [1.54, 1.807) is 10.9 Å². The fourth-order valence-corrected chi connectivity index (χ4v) is 5.32. The van der Waals surface area contributed by atoms with Gasteiger partial charge in [0.05, 0.1) is 23.3 Å². The molecule has 1 aliphatic rings. The van der Waals surface area contributed by atoms with E-state index in [4.69, 9.17) is 9.41 Å². The van der Waals surface area contributed by atoms with Crippen LogP contribution in [0.5, 0.6) is 0 Å². The number of amides is 1. The van der Waals surface area contributed by atoms with Crippen molar-refractivity contribution in [3.63, 3.8) is 0 Å². The van der Waals surface area contributed by atoms with E-state index in [1.165, 1.54) is 11.3 Å². The molecule has 1 aliphatic heterocycles. The molecule has 0 N–H and O–H groups in total. The first-order valence-corrected chi connectivity index (χ1v) is 12.3. The number of carbonyl (C=O) groups excluding carboxylic acids is 1. The average molecular weight is 478 g/mol. The van der Waals surface area contributed by atoms with Crippen molar-refractivity contribution in [1.82, 2.24) is 18.8 Å². The van der Waals surface area contributed by atoms with Crippen molar-refractivity contribution < 1.29 is 9.21 Å². The van der Waals surface area contributed by atoms with Gasteiger partial charge in [-0.1, -0.05) is 18.2 Å². The Morgan fingerprint density at radius 3 is 2.62 bits per heavy atom. The zero-order valence-electron chi connectivity index (χ0n) is 19.3. The predicted molar refractivity (Wildman–Crippen MR) is 131 cm³/mol. The highest BCUT2D eigenvalue weighted by molar-refractivity contribution is 7.07. The van der Waals surface area contributed by atoms with Crippen LogP contribution in [0.3, 0.4) is 0 Å². The zero-order valence-corrected chi connectivity index (χ0v) is 20.1. The summed E-state index contributed by atoms with van der Waals surface area (Å²) in [5, 5.41) is 2.01. The maximum atomic E-state index is 13.4. The van der Waals surface area contributed by atoms with Crippen LogP contribution in [-0.4, -0.2) is 37.8 Å². The van der Waals surface area contributed by atoms with E-state index in [0.717, 1.165) is 47.0 Å². The molecule has 1 amide bonds. The summed E-state index contributed by atoms with van der Waals surface area (Å²) in [6, 6.07) is 13.3. The van der Waals surface area contributed by atoms with Gasteiger partial charge >= 0.3 is 0 Å². The Bertz CT molecular complexity index is 1420. The van der Waals surface area contributed by atoms with Gasteiger partial charge in [0.2, 0.25) is 5.91 Å². The Labute approximate surface area is 201 Å². The number of hydrogen-bond donors (Lipinski definition) is 0. The van der Waals surface area contributed by atoms with Crippen molar-refractivity contribution in [2.24, 2.45) is 12.0 Å². The monoisotopic (exact) mass is 477 g/mol. The number of thiazole rings is 1. The Morgan fingerprint density at radius 1 is 1.09 bits per heavy atom. The second-order valence-electron chi connectivity index (χ2n) is 8.39. The fourth-order valence-electron chi connectivity index (χ4n) is 4.40. The molecular formula is C25H27N5O3S. The largest absolute Gasteiger partial charge is 0.463 e. The van der Waals surface area contributed by atoms with Crippen molar-refractivity contribution in [3.8, 4) is 17.1 Å². The summed E-state index contributed by atoms with van der Waals surface area (Å²) in [6.45, 7) is 4.12. The molecule has 4 heterocycles. The first-order valence-electron chi connectivity index (χ1n) is 11.4. The van der Waals surface area contributed by atoms with Crippen LogP contribution in [0.25, 0.3) is 17.1 Å². The molecule has 176 valence electrons. The number of hydrogen-bond acceptors (Lipinski definition) is 5. The fraction of sp³-hybridized carbons (Fsp3) is 0.320. The van der Waals surface area contributed by atoms with Gasteiger partial charge in [-0.3, -0.25) is 14.3 Å². The van der Waals surface area contributed by atoms with Gasteiger partial charge in [0.25, 0.3) is 5.56 Å². The molecular weight excluding hydrogens is 450 g/mol. The maximum absolute atomic E-state index is 13.4. The molecule has 5 rings (SSSR count). The summed E-state index contributed by atoms with van der Waals surface area (Å²) in [7, 11) is 1.87. The van der Waals surface area contributed by atoms with Gasteiger partial charge in [0.1, 0.15) is 0 Å². The highest BCUT2D eigenvalue weighted by atomic mass is 32.1. The third kappa shape index (κ3) is 4.07. The predicted octanol–water partition coefficient (Wildman–Crippen LogP) is 3.85. The number of likely N-dealkylation sites (tertiary alicyclic amines) is 1. The van der Waals surface area contributed by atoms with Crippen LogP contribution < -0.4 is 10.4 Å². The van der Waals surface area contributed by atoms with Crippen molar-refractivity contribution in [1.29, 1.82) is 0 Å². The van der Waals surface area contributed by atoms with Gasteiger partial charge in [-0.15, -0.1) is 11.3 Å². The lowest BCUT2D eigenvalue weighted by molar-refractivity contribution is -0.127. The summed E-state index contributed by atoms with van der Waals surface area (Å²) < 4.78 is 11.2. The van der Waals surface area contributed by atoms with Gasteiger partial charge in [-0.25, -0.2) is 9.67 Å². The lowest BCUT2D eigenvalue weighted by atomic mass is 10.3. The van der Waals surface area contributed by atoms with Crippen molar-refractivity contribution in [2.45, 2.75) is 32.7 Å². The molecule has 9 heteroatoms. The Kier molecular flexibility index (Phi) is 6.10. The van der Waals surface area contributed by atoms with Crippen LogP contribution in [0.15, 0.2) is 68.3 Å². The summed E-state index contributed by atoms with van der Waals surface area (Å²) in [5.74, 6) is 0.981. The second-order valence-corrected chi connectivity index (χ2v) is 9.23. The Morgan fingerprint density at radius 2 is 1.91 bits per heavy atom. The molecule has 4 aromatic rings. The van der Waals surface area contributed by atoms with Gasteiger partial charge in [0, 0.05) is 38.5 Å². The highest BCUT2D eigenvalue weighted by Crippen LogP contribution is 2.22. The lowest BCUT2D eigenvalue weighted by Crippen LogP contribution is -2.27. The minimum atomic E-state index is -0.159. The number of nitrogens with zero attached hydrogens (tertiary/aromatic N) is 5. The van der Waals surface area contributed by atoms with E-state index in [9.17, 15) is 9.59 Å². The summed E-state index contributed by atoms with van der Waals surface area (Å²) >= 11 is 1.48. The number of furan rings is 1. The van der Waals surface area contributed by atoms with Crippen LogP contribution in [0.1, 0.15) is 25.0 Å². The summed E-state index contributed by atoms with van der Waals surface area (Å²) in [5.41, 5.74) is 2.76. The minimum absolute atomic E-state index is 0.159. The van der Waals surface area contributed by atoms with Crippen LogP contribution in [0.4, 0.5) is 5.69 Å². The van der Waals surface area contributed by atoms with E-state index in [1.807, 2.05) is 71.4 Å². The number of benzene rings is 1. The molecule has 0 atom stereocenters. The van der Waals surface area contributed by atoms with Gasteiger partial charge in [-0.2, -0.15) is 0 Å². The topological polar surface area (TPSA) is 77.7 Å². The third-order valence-corrected chi connectivity index (χ3v) is 7.15. The number of aromatic nitrogens is 3. The molecule has 3 aromatic heterocycles. The van der Waals surface area contributed by atoms with Crippen LogP contribution >= 0.6 is 11.3 Å². The van der Waals surface area contributed by atoms with Crippen molar-refractivity contribution in [3.05, 3.63) is 75.0 Å². The van der Waals surface area contributed by atoms with Crippen LogP contribution in [0, 0.1) is 6.92 Å².